The van der Waals surface area contributed by atoms with E-state index in [1.54, 1.807) is 19.1 Å². The first-order valence-electron chi connectivity index (χ1n) is 11.4. The van der Waals surface area contributed by atoms with Gasteiger partial charge in [0.25, 0.3) is 0 Å². The number of hydrogen-bond acceptors (Lipinski definition) is 8. The number of esters is 1. The number of aryl methyl sites for hydroxylation is 1. The van der Waals surface area contributed by atoms with Gasteiger partial charge in [-0.3, -0.25) is 0 Å². The summed E-state index contributed by atoms with van der Waals surface area (Å²) in [6, 6.07) is 6.25. The number of hydrogen-bond donors (Lipinski definition) is 1. The van der Waals surface area contributed by atoms with Gasteiger partial charge in [0, 0.05) is 5.56 Å². The topological polar surface area (TPSA) is 108 Å². The molecule has 3 rings (SSSR count). The van der Waals surface area contributed by atoms with Gasteiger partial charge in [-0.1, -0.05) is 33.6 Å². The first-order valence-corrected chi connectivity index (χ1v) is 13.0. The molecular weight excluding hydrogens is 460 g/mol. The standard InChI is InChI=1S/C25H32O8S/c1-6-7-8-11-34(28,29)33-21-14-16(4)13-20-24(21)31-19-10-9-17(18(26)12-15(2)3)23(30-5)22(19)25(27)32-20/h9-10,13-15,18,26H,6-8,11-12H2,1-5H3/t18-/m0/s1. The van der Waals surface area contributed by atoms with Crippen molar-refractivity contribution in [2.24, 2.45) is 5.92 Å². The number of aliphatic hydroxyl groups excluding tert-OH is 1. The van der Waals surface area contributed by atoms with E-state index in [1.807, 2.05) is 20.8 Å². The van der Waals surface area contributed by atoms with Crippen LogP contribution in [0.5, 0.6) is 28.7 Å². The molecule has 0 unspecified atom stereocenters. The van der Waals surface area contributed by atoms with Crippen molar-refractivity contribution in [1.29, 1.82) is 0 Å². The smallest absolute Gasteiger partial charge is 0.351 e. The summed E-state index contributed by atoms with van der Waals surface area (Å²) in [6.07, 6.45) is 1.73. The van der Waals surface area contributed by atoms with Gasteiger partial charge < -0.3 is 23.5 Å². The SMILES string of the molecule is CCCCCS(=O)(=O)Oc1cc(C)cc2c1Oc1ccc([C@@H](O)CC(C)C)c(OC)c1C(=O)O2. The van der Waals surface area contributed by atoms with E-state index in [-0.39, 0.29) is 46.0 Å². The molecule has 8 nitrogen and oxygen atoms in total. The second-order valence-electron chi connectivity index (χ2n) is 8.84. The molecule has 0 amide bonds. The molecule has 1 aliphatic heterocycles. The van der Waals surface area contributed by atoms with Gasteiger partial charge in [-0.2, -0.15) is 8.42 Å². The highest BCUT2D eigenvalue weighted by atomic mass is 32.2. The van der Waals surface area contributed by atoms with Gasteiger partial charge in [0.2, 0.25) is 5.75 Å². The van der Waals surface area contributed by atoms with E-state index in [0.717, 1.165) is 12.8 Å². The van der Waals surface area contributed by atoms with Gasteiger partial charge in [0.1, 0.15) is 17.1 Å². The Kier molecular flexibility index (Phi) is 8.09. The minimum Gasteiger partial charge on any atom is -0.495 e. The number of unbranched alkanes of at least 4 members (excludes halogenated alkanes) is 2. The molecule has 0 aliphatic carbocycles. The molecule has 1 atom stereocenters. The van der Waals surface area contributed by atoms with Gasteiger partial charge in [-0.25, -0.2) is 4.79 Å². The summed E-state index contributed by atoms with van der Waals surface area (Å²) in [5.74, 6) is -0.451. The van der Waals surface area contributed by atoms with Crippen LogP contribution in [-0.4, -0.2) is 32.4 Å². The third-order valence-electron chi connectivity index (χ3n) is 5.41. The van der Waals surface area contributed by atoms with E-state index in [9.17, 15) is 18.3 Å². The zero-order valence-corrected chi connectivity index (χ0v) is 21.0. The molecule has 1 heterocycles. The minimum atomic E-state index is -3.88. The van der Waals surface area contributed by atoms with Crippen LogP contribution in [0.15, 0.2) is 24.3 Å². The van der Waals surface area contributed by atoms with Crippen molar-refractivity contribution in [3.63, 3.8) is 0 Å². The monoisotopic (exact) mass is 492 g/mol. The number of fused-ring (bicyclic) bond motifs is 2. The van der Waals surface area contributed by atoms with E-state index < -0.39 is 22.2 Å². The Morgan fingerprint density at radius 1 is 1.09 bits per heavy atom. The largest absolute Gasteiger partial charge is 0.495 e. The molecule has 0 aromatic heterocycles. The van der Waals surface area contributed by atoms with Crippen molar-refractivity contribution in [3.05, 3.63) is 41.0 Å². The van der Waals surface area contributed by atoms with Crippen molar-refractivity contribution in [3.8, 4) is 28.7 Å². The Morgan fingerprint density at radius 2 is 1.82 bits per heavy atom. The van der Waals surface area contributed by atoms with E-state index in [0.29, 0.717) is 24.0 Å². The van der Waals surface area contributed by atoms with Crippen LogP contribution in [0.3, 0.4) is 0 Å². The summed E-state index contributed by atoms with van der Waals surface area (Å²) < 4.78 is 47.5. The molecule has 0 saturated heterocycles. The van der Waals surface area contributed by atoms with E-state index in [4.69, 9.17) is 18.4 Å². The number of benzene rings is 2. The maximum atomic E-state index is 13.1. The second-order valence-corrected chi connectivity index (χ2v) is 10.5. The number of aliphatic hydroxyl groups is 1. The predicted octanol–water partition coefficient (Wildman–Crippen LogP) is 5.31. The van der Waals surface area contributed by atoms with Crippen LogP contribution in [0.4, 0.5) is 0 Å². The third kappa shape index (κ3) is 5.82. The van der Waals surface area contributed by atoms with E-state index in [1.165, 1.54) is 19.2 Å². The molecule has 0 spiro atoms. The number of ether oxygens (including phenoxy) is 3. The quantitative estimate of drug-likeness (QED) is 0.206. The number of carbonyl (C=O) groups is 1. The molecule has 2 aromatic rings. The van der Waals surface area contributed by atoms with Crippen LogP contribution in [0.2, 0.25) is 0 Å². The Bertz CT molecular complexity index is 1150. The van der Waals surface area contributed by atoms with Crippen molar-refractivity contribution < 1.29 is 36.7 Å². The van der Waals surface area contributed by atoms with Crippen molar-refractivity contribution in [2.75, 3.05) is 12.9 Å². The summed E-state index contributed by atoms with van der Waals surface area (Å²) in [7, 11) is -2.48. The van der Waals surface area contributed by atoms with Gasteiger partial charge in [0.15, 0.2) is 11.5 Å². The molecule has 0 fully saturated rings. The summed E-state index contributed by atoms with van der Waals surface area (Å²) in [4.78, 5) is 13.1. The fourth-order valence-corrected chi connectivity index (χ4v) is 4.87. The molecule has 1 aliphatic rings. The highest BCUT2D eigenvalue weighted by molar-refractivity contribution is 7.87. The van der Waals surface area contributed by atoms with Crippen LogP contribution < -0.4 is 18.4 Å². The van der Waals surface area contributed by atoms with E-state index >= 15 is 0 Å². The van der Waals surface area contributed by atoms with Crippen molar-refractivity contribution >= 4 is 16.1 Å². The number of rotatable bonds is 10. The normalized spacial score (nSPS) is 13.9. The third-order valence-corrected chi connectivity index (χ3v) is 6.63. The van der Waals surface area contributed by atoms with Gasteiger partial charge in [0.05, 0.1) is 19.0 Å². The summed E-state index contributed by atoms with van der Waals surface area (Å²) in [6.45, 7) is 7.67. The van der Waals surface area contributed by atoms with Gasteiger partial charge in [-0.05, 0) is 55.5 Å². The maximum absolute atomic E-state index is 13.1. The lowest BCUT2D eigenvalue weighted by Crippen LogP contribution is -2.14. The number of methoxy groups -OCH3 is 1. The molecule has 2 aromatic carbocycles. The van der Waals surface area contributed by atoms with Crippen LogP contribution in [0.1, 0.15) is 74.0 Å². The Labute approximate surface area is 200 Å². The van der Waals surface area contributed by atoms with Crippen LogP contribution in [0.25, 0.3) is 0 Å². The molecular formula is C25H32O8S. The average molecular weight is 493 g/mol. The van der Waals surface area contributed by atoms with Crippen LogP contribution in [-0.2, 0) is 10.1 Å². The molecule has 0 saturated carbocycles. The van der Waals surface area contributed by atoms with Gasteiger partial charge in [-0.15, -0.1) is 0 Å². The summed E-state index contributed by atoms with van der Waals surface area (Å²) >= 11 is 0. The average Bonchev–Trinajstić information content (AvgIpc) is 2.88. The molecule has 186 valence electrons. The Morgan fingerprint density at radius 3 is 2.47 bits per heavy atom. The second kappa shape index (κ2) is 10.7. The lowest BCUT2D eigenvalue weighted by atomic mass is 9.96. The predicted molar refractivity (Wildman–Crippen MR) is 128 cm³/mol. The lowest BCUT2D eigenvalue weighted by Gasteiger charge is -2.19. The first-order chi connectivity index (χ1) is 16.1. The highest BCUT2D eigenvalue weighted by Crippen LogP contribution is 2.48. The fraction of sp³-hybridized carbons (Fsp3) is 0.480. The highest BCUT2D eigenvalue weighted by Gasteiger charge is 2.33. The molecule has 34 heavy (non-hydrogen) atoms. The molecule has 0 bridgehead atoms. The zero-order chi connectivity index (χ0) is 25.0. The minimum absolute atomic E-state index is 0.00779. The summed E-state index contributed by atoms with van der Waals surface area (Å²) in [5, 5.41) is 10.7. The summed E-state index contributed by atoms with van der Waals surface area (Å²) in [5.41, 5.74) is 1.07. The van der Waals surface area contributed by atoms with Crippen LogP contribution in [0, 0.1) is 12.8 Å². The maximum Gasteiger partial charge on any atom is 0.351 e. The van der Waals surface area contributed by atoms with Gasteiger partial charge >= 0.3 is 16.1 Å². The first kappa shape index (κ1) is 25.8. The molecule has 0 radical (unpaired) electrons. The fourth-order valence-electron chi connectivity index (χ4n) is 3.83. The van der Waals surface area contributed by atoms with Crippen molar-refractivity contribution in [2.45, 2.75) is 59.5 Å². The Hall–Kier alpha value is -2.78. The number of carbonyl (C=O) groups excluding carboxylic acids is 1. The van der Waals surface area contributed by atoms with Crippen LogP contribution >= 0.6 is 0 Å². The van der Waals surface area contributed by atoms with E-state index in [2.05, 4.69) is 0 Å². The molecule has 1 N–H and O–H groups in total. The zero-order valence-electron chi connectivity index (χ0n) is 20.2. The lowest BCUT2D eigenvalue weighted by molar-refractivity contribution is 0.0733. The molecule has 9 heteroatoms. The Balaban J connectivity index is 2.05. The van der Waals surface area contributed by atoms with Crippen molar-refractivity contribution in [1.82, 2.24) is 0 Å².